The number of rotatable bonds is 6. The van der Waals surface area contributed by atoms with E-state index in [0.717, 1.165) is 28.8 Å². The van der Waals surface area contributed by atoms with Gasteiger partial charge >= 0.3 is 5.69 Å². The lowest BCUT2D eigenvalue weighted by molar-refractivity contribution is -0.117. The first-order chi connectivity index (χ1) is 15.3. The number of anilines is 2. The van der Waals surface area contributed by atoms with E-state index in [1.54, 1.807) is 22.6 Å². The molecule has 1 aliphatic heterocycles. The van der Waals surface area contributed by atoms with Crippen LogP contribution in [0.5, 0.6) is 0 Å². The first-order valence-corrected chi connectivity index (χ1v) is 10.6. The summed E-state index contributed by atoms with van der Waals surface area (Å²) in [6.45, 7) is 3.08. The number of nitrogens with one attached hydrogen (secondary N) is 1. The first kappa shape index (κ1) is 21.5. The van der Waals surface area contributed by atoms with Gasteiger partial charge in [0, 0.05) is 51.4 Å². The highest BCUT2D eigenvalue weighted by molar-refractivity contribution is 5.97. The molecule has 0 bridgehead atoms. The van der Waals surface area contributed by atoms with E-state index >= 15 is 0 Å². The number of aryl methyl sites for hydroxylation is 3. The Morgan fingerprint density at radius 3 is 2.62 bits per heavy atom. The second-order valence-electron chi connectivity index (χ2n) is 8.12. The average Bonchev–Trinajstić information content (AvgIpc) is 3.37. The molecule has 4 rings (SSSR count). The lowest BCUT2D eigenvalue weighted by atomic mass is 10.1. The van der Waals surface area contributed by atoms with Crippen molar-refractivity contribution in [2.45, 2.75) is 39.2 Å². The summed E-state index contributed by atoms with van der Waals surface area (Å²) in [5.41, 5.74) is 2.34. The Labute approximate surface area is 184 Å². The summed E-state index contributed by atoms with van der Waals surface area (Å²) < 4.78 is 4.06. The van der Waals surface area contributed by atoms with E-state index < -0.39 is 11.2 Å². The molecule has 0 aliphatic carbocycles. The van der Waals surface area contributed by atoms with Crippen LogP contribution in [0.4, 0.5) is 11.4 Å². The maximum Gasteiger partial charge on any atom is 0.332 e. The molecule has 2 amide bonds. The molecule has 10 heteroatoms. The fourth-order valence-electron chi connectivity index (χ4n) is 4.14. The monoisotopic (exact) mass is 438 g/mol. The van der Waals surface area contributed by atoms with E-state index in [4.69, 9.17) is 0 Å². The molecule has 3 heterocycles. The molecule has 1 fully saturated rings. The van der Waals surface area contributed by atoms with Crippen LogP contribution in [0.1, 0.15) is 31.2 Å². The van der Waals surface area contributed by atoms with Crippen LogP contribution in [0.15, 0.2) is 34.1 Å². The molecule has 3 aromatic rings. The van der Waals surface area contributed by atoms with Gasteiger partial charge in [-0.25, -0.2) is 9.78 Å². The predicted octanol–water partition coefficient (Wildman–Crippen LogP) is 1.29. The van der Waals surface area contributed by atoms with Crippen molar-refractivity contribution >= 4 is 34.4 Å². The van der Waals surface area contributed by atoms with E-state index in [9.17, 15) is 19.2 Å². The number of aromatic nitrogens is 4. The zero-order chi connectivity index (χ0) is 23.0. The molecule has 32 heavy (non-hydrogen) atoms. The smallest absolute Gasteiger partial charge is 0.326 e. The summed E-state index contributed by atoms with van der Waals surface area (Å²) in [4.78, 5) is 54.9. The number of hydrogen-bond donors (Lipinski definition) is 1. The zero-order valence-corrected chi connectivity index (χ0v) is 18.4. The number of amides is 2. The van der Waals surface area contributed by atoms with Crippen LogP contribution >= 0.6 is 0 Å². The van der Waals surface area contributed by atoms with Gasteiger partial charge in [-0.1, -0.05) is 0 Å². The SMILES string of the molecule is Cc1cc(NC(=O)CCCn2cnc3c2c(=O)n(C)c(=O)n3C)ccc1N1CCCC1=O. The van der Waals surface area contributed by atoms with E-state index in [1.807, 2.05) is 19.1 Å². The van der Waals surface area contributed by atoms with Gasteiger partial charge in [0.25, 0.3) is 5.56 Å². The van der Waals surface area contributed by atoms with Gasteiger partial charge in [-0.2, -0.15) is 0 Å². The van der Waals surface area contributed by atoms with Crippen LogP contribution in [0, 0.1) is 6.92 Å². The maximum atomic E-state index is 12.5. The highest BCUT2D eigenvalue weighted by Crippen LogP contribution is 2.27. The standard InChI is InChI=1S/C22H26N6O4/c1-14-12-15(8-9-16(14)28-11-5-7-18(28)30)24-17(29)6-4-10-27-13-23-20-19(27)21(31)26(3)22(32)25(20)2/h8-9,12-13H,4-7,10-11H2,1-3H3,(H,24,29). The van der Waals surface area contributed by atoms with E-state index in [-0.39, 0.29) is 18.2 Å². The fraction of sp³-hybridized carbons (Fsp3) is 0.409. The Hall–Kier alpha value is -3.69. The summed E-state index contributed by atoms with van der Waals surface area (Å²) in [7, 11) is 3.00. The van der Waals surface area contributed by atoms with Gasteiger partial charge in [0.1, 0.15) is 0 Å². The number of carbonyl (C=O) groups is 2. The van der Waals surface area contributed by atoms with Crippen molar-refractivity contribution in [2.75, 3.05) is 16.8 Å². The number of fused-ring (bicyclic) bond motifs is 1. The van der Waals surface area contributed by atoms with Crippen molar-refractivity contribution < 1.29 is 9.59 Å². The molecular weight excluding hydrogens is 412 g/mol. The minimum absolute atomic E-state index is 0.131. The summed E-state index contributed by atoms with van der Waals surface area (Å²) >= 11 is 0. The molecule has 0 unspecified atom stereocenters. The number of nitrogens with zero attached hydrogens (tertiary/aromatic N) is 5. The molecule has 1 aromatic carbocycles. The minimum Gasteiger partial charge on any atom is -0.326 e. The maximum absolute atomic E-state index is 12.5. The quantitative estimate of drug-likeness (QED) is 0.623. The van der Waals surface area contributed by atoms with Crippen molar-refractivity contribution in [3.8, 4) is 0 Å². The van der Waals surface area contributed by atoms with Crippen molar-refractivity contribution in [2.24, 2.45) is 14.1 Å². The fourth-order valence-corrected chi connectivity index (χ4v) is 4.14. The molecule has 0 radical (unpaired) electrons. The Morgan fingerprint density at radius 1 is 1.16 bits per heavy atom. The van der Waals surface area contributed by atoms with Gasteiger partial charge in [0.15, 0.2) is 11.2 Å². The second kappa shape index (κ2) is 8.45. The van der Waals surface area contributed by atoms with Crippen molar-refractivity contribution in [1.29, 1.82) is 0 Å². The first-order valence-electron chi connectivity index (χ1n) is 10.6. The van der Waals surface area contributed by atoms with Gasteiger partial charge in [-0.15, -0.1) is 0 Å². The Morgan fingerprint density at radius 2 is 1.94 bits per heavy atom. The van der Waals surface area contributed by atoms with E-state index in [2.05, 4.69) is 10.3 Å². The van der Waals surface area contributed by atoms with Crippen LogP contribution in [0.2, 0.25) is 0 Å². The van der Waals surface area contributed by atoms with Crippen LogP contribution in [0.25, 0.3) is 11.2 Å². The van der Waals surface area contributed by atoms with Crippen LogP contribution < -0.4 is 21.5 Å². The zero-order valence-electron chi connectivity index (χ0n) is 18.4. The molecule has 0 spiro atoms. The summed E-state index contributed by atoms with van der Waals surface area (Å²) in [5.74, 6) is -0.00840. The Bertz CT molecular complexity index is 1330. The highest BCUT2D eigenvalue weighted by atomic mass is 16.2. The largest absolute Gasteiger partial charge is 0.332 e. The molecule has 1 saturated heterocycles. The van der Waals surface area contributed by atoms with E-state index in [1.165, 1.54) is 17.9 Å². The van der Waals surface area contributed by atoms with Crippen molar-refractivity contribution in [3.05, 3.63) is 50.9 Å². The van der Waals surface area contributed by atoms with Crippen LogP contribution in [-0.2, 0) is 30.2 Å². The van der Waals surface area contributed by atoms with Gasteiger partial charge in [0.05, 0.1) is 6.33 Å². The molecule has 2 aromatic heterocycles. The second-order valence-corrected chi connectivity index (χ2v) is 8.12. The van der Waals surface area contributed by atoms with Crippen molar-refractivity contribution in [1.82, 2.24) is 18.7 Å². The Balaban J connectivity index is 1.39. The molecule has 1 aliphatic rings. The summed E-state index contributed by atoms with van der Waals surface area (Å²) in [6, 6.07) is 5.54. The molecule has 0 atom stereocenters. The average molecular weight is 438 g/mol. The van der Waals surface area contributed by atoms with Gasteiger partial charge in [-0.3, -0.25) is 23.5 Å². The molecular formula is C22H26N6O4. The van der Waals surface area contributed by atoms with Crippen molar-refractivity contribution in [3.63, 3.8) is 0 Å². The van der Waals surface area contributed by atoms with Gasteiger partial charge in [-0.05, 0) is 43.5 Å². The van der Waals surface area contributed by atoms with E-state index in [0.29, 0.717) is 36.2 Å². The number of benzene rings is 1. The van der Waals surface area contributed by atoms with Gasteiger partial charge in [0.2, 0.25) is 11.8 Å². The third-order valence-electron chi connectivity index (χ3n) is 5.86. The van der Waals surface area contributed by atoms with Gasteiger partial charge < -0.3 is 14.8 Å². The lowest BCUT2D eigenvalue weighted by Crippen LogP contribution is -2.37. The van der Waals surface area contributed by atoms with Crippen LogP contribution in [-0.4, -0.2) is 37.0 Å². The highest BCUT2D eigenvalue weighted by Gasteiger charge is 2.23. The third kappa shape index (κ3) is 3.83. The normalized spacial score (nSPS) is 13.8. The topological polar surface area (TPSA) is 111 Å². The predicted molar refractivity (Wildman–Crippen MR) is 121 cm³/mol. The molecule has 1 N–H and O–H groups in total. The summed E-state index contributed by atoms with van der Waals surface area (Å²) in [5, 5.41) is 2.89. The number of carbonyl (C=O) groups excluding carboxylic acids is 2. The number of imidazole rings is 1. The minimum atomic E-state index is -0.428. The molecule has 168 valence electrons. The number of hydrogen-bond acceptors (Lipinski definition) is 5. The third-order valence-corrected chi connectivity index (χ3v) is 5.86. The Kier molecular flexibility index (Phi) is 5.68. The lowest BCUT2D eigenvalue weighted by Gasteiger charge is -2.19. The summed E-state index contributed by atoms with van der Waals surface area (Å²) in [6.07, 6.45) is 3.73. The molecule has 0 saturated carbocycles. The molecule has 10 nitrogen and oxygen atoms in total. The van der Waals surface area contributed by atoms with Crippen LogP contribution in [0.3, 0.4) is 0 Å².